The van der Waals surface area contributed by atoms with Crippen molar-refractivity contribution in [2.45, 2.75) is 69.0 Å². The third kappa shape index (κ3) is 6.43. The Morgan fingerprint density at radius 3 is 2.38 bits per heavy atom. The van der Waals surface area contributed by atoms with Crippen LogP contribution in [-0.2, 0) is 42.8 Å². The summed E-state index contributed by atoms with van der Waals surface area (Å²) >= 11 is 0. The van der Waals surface area contributed by atoms with Gasteiger partial charge in [-0.05, 0) is 30.7 Å². The quantitative estimate of drug-likeness (QED) is 0.146. The van der Waals surface area contributed by atoms with Crippen molar-refractivity contribution < 1.29 is 68.3 Å². The molecule has 14 heteroatoms. The number of aromatic hydroxyl groups is 1. The van der Waals surface area contributed by atoms with Gasteiger partial charge in [0.2, 0.25) is 6.29 Å². The molecular formula is C28H34O14. The molecule has 0 spiro atoms. The smallest absolute Gasteiger partial charge is 0.337 e. The second-order valence-corrected chi connectivity index (χ2v) is 10.5. The molecule has 1 saturated heterocycles. The minimum atomic E-state index is -1.77. The summed E-state index contributed by atoms with van der Waals surface area (Å²) in [7, 11) is 1.15. The minimum Gasteiger partial charge on any atom is -0.508 e. The molecule has 42 heavy (non-hydrogen) atoms. The van der Waals surface area contributed by atoms with E-state index in [0.717, 1.165) is 19.4 Å². The van der Waals surface area contributed by atoms with E-state index in [1.54, 1.807) is 19.1 Å². The van der Waals surface area contributed by atoms with E-state index in [1.807, 2.05) is 0 Å². The third-order valence-corrected chi connectivity index (χ3v) is 7.57. The lowest BCUT2D eigenvalue weighted by molar-refractivity contribution is -0.346. The zero-order valence-electron chi connectivity index (χ0n) is 23.1. The number of phenols is 1. The molecule has 1 aromatic rings. The van der Waals surface area contributed by atoms with Crippen LogP contribution in [-0.4, -0.2) is 106 Å². The molecule has 2 aliphatic heterocycles. The number of methoxy groups -OCH3 is 1. The predicted octanol–water partition coefficient (Wildman–Crippen LogP) is -0.495. The highest BCUT2D eigenvalue weighted by molar-refractivity contribution is 5.90. The largest absolute Gasteiger partial charge is 0.508 e. The normalized spacial score (nSPS) is 36.0. The summed E-state index contributed by atoms with van der Waals surface area (Å²) in [5, 5.41) is 49.8. The monoisotopic (exact) mass is 594 g/mol. The van der Waals surface area contributed by atoms with E-state index < -0.39 is 85.1 Å². The van der Waals surface area contributed by atoms with E-state index in [1.165, 1.54) is 25.1 Å². The predicted molar refractivity (Wildman–Crippen MR) is 139 cm³/mol. The van der Waals surface area contributed by atoms with Gasteiger partial charge in [-0.25, -0.2) is 9.59 Å². The number of carbonyl (C=O) groups is 3. The summed E-state index contributed by atoms with van der Waals surface area (Å²) in [6.07, 6.45) is -6.89. The highest BCUT2D eigenvalue weighted by Gasteiger charge is 2.63. The van der Waals surface area contributed by atoms with Crippen molar-refractivity contribution in [2.75, 3.05) is 13.7 Å². The molecule has 0 radical (unpaired) electrons. The Labute approximate surface area is 240 Å². The van der Waals surface area contributed by atoms with Gasteiger partial charge in [0.1, 0.15) is 41.9 Å². The summed E-state index contributed by atoms with van der Waals surface area (Å²) in [4.78, 5) is 37.8. The van der Waals surface area contributed by atoms with Crippen molar-refractivity contribution in [3.8, 4) is 5.75 Å². The fraction of sp³-hybridized carbons (Fsp3) is 0.536. The number of benzene rings is 1. The van der Waals surface area contributed by atoms with Gasteiger partial charge in [-0.3, -0.25) is 4.79 Å². The number of phenolic OH excluding ortho intramolecular Hbond substituents is 1. The van der Waals surface area contributed by atoms with E-state index in [9.17, 15) is 39.9 Å². The number of aliphatic hydroxyl groups is 4. The lowest BCUT2D eigenvalue weighted by atomic mass is 9.80. The topological polar surface area (TPSA) is 208 Å². The van der Waals surface area contributed by atoms with Crippen molar-refractivity contribution in [2.24, 2.45) is 11.8 Å². The molecular weight excluding hydrogens is 560 g/mol. The van der Waals surface area contributed by atoms with Gasteiger partial charge in [0.15, 0.2) is 6.29 Å². The number of ether oxygens (including phenoxy) is 6. The first-order valence-electron chi connectivity index (χ1n) is 13.2. The molecule has 3 aliphatic rings. The molecule has 2 fully saturated rings. The fourth-order valence-corrected chi connectivity index (χ4v) is 5.65. The molecule has 230 valence electrons. The average Bonchev–Trinajstić information content (AvgIpc) is 3.23. The molecule has 1 aromatic carbocycles. The van der Waals surface area contributed by atoms with Crippen molar-refractivity contribution in [3.05, 3.63) is 47.7 Å². The maximum atomic E-state index is 12.9. The average molecular weight is 595 g/mol. The standard InChI is InChI=1S/C28H34O14/c1-13(30)42-28(2)10-17(39-19(32)9-6-14-4-7-15(31)8-5-14)20-16(25(36)37-3)12-38-26(21(20)28)41-27-24(35)23(34)22(33)18(11-29)40-27/h4-9,12,17-18,20-24,26-27,29,31,33-35H,10-11H2,1-3H3/b9-6+/t17-,18-,20?,21?,22-,23+,24-,26?,27+,28+/m1/s1. The Balaban J connectivity index is 1.65. The first kappa shape index (κ1) is 31.4. The number of hydrogen-bond donors (Lipinski definition) is 5. The molecule has 0 amide bonds. The maximum Gasteiger partial charge on any atom is 0.337 e. The van der Waals surface area contributed by atoms with E-state index >= 15 is 0 Å². The van der Waals surface area contributed by atoms with Gasteiger partial charge in [-0.1, -0.05) is 12.1 Å². The molecule has 4 rings (SSSR count). The van der Waals surface area contributed by atoms with Crippen LogP contribution >= 0.6 is 0 Å². The van der Waals surface area contributed by atoms with E-state index in [-0.39, 0.29) is 17.7 Å². The number of hydrogen-bond acceptors (Lipinski definition) is 14. The number of carbonyl (C=O) groups excluding carboxylic acids is 3. The minimum absolute atomic E-state index is 0.0349. The van der Waals surface area contributed by atoms with Crippen LogP contribution < -0.4 is 0 Å². The van der Waals surface area contributed by atoms with Crippen LogP contribution in [0.25, 0.3) is 6.08 Å². The molecule has 0 bridgehead atoms. The van der Waals surface area contributed by atoms with E-state index in [4.69, 9.17) is 28.4 Å². The summed E-state index contributed by atoms with van der Waals surface area (Å²) in [6.45, 7) is 2.02. The molecule has 10 atom stereocenters. The number of fused-ring (bicyclic) bond motifs is 1. The van der Waals surface area contributed by atoms with Gasteiger partial charge in [-0.2, -0.15) is 0 Å². The number of esters is 3. The molecule has 0 aromatic heterocycles. The van der Waals surface area contributed by atoms with Crippen LogP contribution in [0.1, 0.15) is 25.8 Å². The number of rotatable bonds is 8. The summed E-state index contributed by atoms with van der Waals surface area (Å²) < 4.78 is 33.4. The van der Waals surface area contributed by atoms with Crippen LogP contribution in [0.3, 0.4) is 0 Å². The van der Waals surface area contributed by atoms with Gasteiger partial charge in [-0.15, -0.1) is 0 Å². The van der Waals surface area contributed by atoms with Crippen molar-refractivity contribution in [3.63, 3.8) is 0 Å². The first-order chi connectivity index (χ1) is 19.9. The van der Waals surface area contributed by atoms with Crippen LogP contribution in [0.2, 0.25) is 0 Å². The zero-order chi connectivity index (χ0) is 30.8. The first-order valence-corrected chi connectivity index (χ1v) is 13.2. The summed E-state index contributed by atoms with van der Waals surface area (Å²) in [5.41, 5.74) is -0.880. The Morgan fingerprint density at radius 2 is 1.76 bits per heavy atom. The highest BCUT2D eigenvalue weighted by Crippen LogP contribution is 2.52. The van der Waals surface area contributed by atoms with Crippen LogP contribution in [0, 0.1) is 11.8 Å². The fourth-order valence-electron chi connectivity index (χ4n) is 5.65. The maximum absolute atomic E-state index is 12.9. The zero-order valence-corrected chi connectivity index (χ0v) is 23.1. The Bertz CT molecular complexity index is 1210. The van der Waals surface area contributed by atoms with Crippen molar-refractivity contribution >= 4 is 24.0 Å². The van der Waals surface area contributed by atoms with Crippen LogP contribution in [0.4, 0.5) is 0 Å². The van der Waals surface area contributed by atoms with E-state index in [2.05, 4.69) is 0 Å². The highest BCUT2D eigenvalue weighted by atomic mass is 16.8. The Hall–Kier alpha value is -3.53. The van der Waals surface area contributed by atoms with Crippen LogP contribution in [0.15, 0.2) is 42.2 Å². The molecule has 1 saturated carbocycles. The van der Waals surface area contributed by atoms with Crippen molar-refractivity contribution in [1.82, 2.24) is 0 Å². The lowest BCUT2D eigenvalue weighted by Gasteiger charge is -2.44. The Kier molecular flexibility index (Phi) is 9.55. The van der Waals surface area contributed by atoms with Crippen LogP contribution in [0.5, 0.6) is 5.75 Å². The lowest BCUT2D eigenvalue weighted by Crippen LogP contribution is -2.61. The van der Waals surface area contributed by atoms with Gasteiger partial charge in [0.05, 0.1) is 31.5 Å². The molecule has 5 N–H and O–H groups in total. The molecule has 14 nitrogen and oxygen atoms in total. The van der Waals surface area contributed by atoms with Crippen molar-refractivity contribution in [1.29, 1.82) is 0 Å². The molecule has 2 heterocycles. The van der Waals surface area contributed by atoms with Gasteiger partial charge in [0, 0.05) is 25.3 Å². The Morgan fingerprint density at radius 1 is 1.07 bits per heavy atom. The second kappa shape index (κ2) is 12.8. The molecule has 3 unspecified atom stereocenters. The third-order valence-electron chi connectivity index (χ3n) is 7.57. The van der Waals surface area contributed by atoms with Gasteiger partial charge < -0.3 is 54.0 Å². The SMILES string of the molecule is COC(=O)C1=COC(O[C@@H]2O[C@H](CO)[C@@H](O)[C@H](O)[C@H]2O)C2C1[C@H](OC(=O)/C=C/c1ccc(O)cc1)C[C@]2(C)OC(C)=O. The summed E-state index contributed by atoms with van der Waals surface area (Å²) in [6, 6.07) is 6.06. The summed E-state index contributed by atoms with van der Waals surface area (Å²) in [5.74, 6) is -4.23. The number of aliphatic hydroxyl groups excluding tert-OH is 4. The molecule has 1 aliphatic carbocycles. The van der Waals surface area contributed by atoms with Gasteiger partial charge in [0.25, 0.3) is 0 Å². The van der Waals surface area contributed by atoms with Gasteiger partial charge >= 0.3 is 17.9 Å². The van der Waals surface area contributed by atoms with E-state index in [0.29, 0.717) is 5.56 Å². The second-order valence-electron chi connectivity index (χ2n) is 10.5.